The van der Waals surface area contributed by atoms with Gasteiger partial charge in [0, 0.05) is 23.7 Å². The van der Waals surface area contributed by atoms with Crippen molar-refractivity contribution in [1.29, 1.82) is 0 Å². The summed E-state index contributed by atoms with van der Waals surface area (Å²) in [6.45, 7) is 0.442. The Balaban J connectivity index is 1.68. The second-order valence-electron chi connectivity index (χ2n) is 6.04. The van der Waals surface area contributed by atoms with Crippen LogP contribution in [0.15, 0.2) is 30.6 Å². The standard InChI is InChI=1S/C17H15ClF3N3O3/c18-14-3-1-2-13(17(19,20)21)12(14)9-27-11-6-22-16(23-7-11)24-5-4-10(8-24)15(25)26/h1-3,6-7,10H,4-5,8-9H2,(H,25,26). The number of rotatable bonds is 5. The van der Waals surface area contributed by atoms with Gasteiger partial charge in [-0.3, -0.25) is 4.79 Å². The van der Waals surface area contributed by atoms with E-state index in [0.717, 1.165) is 6.07 Å². The summed E-state index contributed by atoms with van der Waals surface area (Å²) in [7, 11) is 0. The zero-order valence-electron chi connectivity index (χ0n) is 13.9. The van der Waals surface area contributed by atoms with Crippen LogP contribution in [0.2, 0.25) is 5.02 Å². The number of hydrogen-bond acceptors (Lipinski definition) is 5. The molecule has 1 unspecified atom stereocenters. The number of anilines is 1. The van der Waals surface area contributed by atoms with Gasteiger partial charge >= 0.3 is 12.1 Å². The number of nitrogens with zero attached hydrogens (tertiary/aromatic N) is 3. The quantitative estimate of drug-likeness (QED) is 0.824. The van der Waals surface area contributed by atoms with E-state index in [2.05, 4.69) is 9.97 Å². The number of carbonyl (C=O) groups is 1. The summed E-state index contributed by atoms with van der Waals surface area (Å²) in [5.41, 5.74) is -1.02. The first kappa shape index (κ1) is 19.2. The fourth-order valence-electron chi connectivity index (χ4n) is 2.82. The van der Waals surface area contributed by atoms with Crippen LogP contribution >= 0.6 is 11.6 Å². The van der Waals surface area contributed by atoms with E-state index < -0.39 is 23.6 Å². The predicted octanol–water partition coefficient (Wildman–Crippen LogP) is 3.64. The lowest BCUT2D eigenvalue weighted by Gasteiger charge is -2.16. The highest BCUT2D eigenvalue weighted by atomic mass is 35.5. The first-order chi connectivity index (χ1) is 12.8. The maximum atomic E-state index is 13.1. The minimum absolute atomic E-state index is 0.0425. The summed E-state index contributed by atoms with van der Waals surface area (Å²) in [5.74, 6) is -0.802. The minimum atomic E-state index is -4.54. The number of alkyl halides is 3. The molecule has 0 spiro atoms. The lowest BCUT2D eigenvalue weighted by Crippen LogP contribution is -2.24. The molecule has 1 aromatic heterocycles. The highest BCUT2D eigenvalue weighted by molar-refractivity contribution is 6.31. The van der Waals surface area contributed by atoms with Crippen LogP contribution in [0.5, 0.6) is 5.75 Å². The van der Waals surface area contributed by atoms with Crippen LogP contribution in [0.4, 0.5) is 19.1 Å². The van der Waals surface area contributed by atoms with Gasteiger partial charge in [-0.25, -0.2) is 9.97 Å². The number of carboxylic acids is 1. The molecule has 1 aliphatic rings. The van der Waals surface area contributed by atoms with Crippen LogP contribution in [0.3, 0.4) is 0 Å². The van der Waals surface area contributed by atoms with E-state index in [-0.39, 0.29) is 22.9 Å². The van der Waals surface area contributed by atoms with Gasteiger partial charge in [0.1, 0.15) is 6.61 Å². The molecule has 2 aromatic rings. The molecule has 0 saturated carbocycles. The molecule has 6 nitrogen and oxygen atoms in total. The molecule has 10 heteroatoms. The molecule has 1 saturated heterocycles. The Labute approximate surface area is 157 Å². The molecule has 1 aromatic carbocycles. The van der Waals surface area contributed by atoms with E-state index in [1.54, 1.807) is 4.90 Å². The fraction of sp³-hybridized carbons (Fsp3) is 0.353. The first-order valence-corrected chi connectivity index (χ1v) is 8.40. The van der Waals surface area contributed by atoms with Gasteiger partial charge in [-0.15, -0.1) is 0 Å². The molecule has 144 valence electrons. The summed E-state index contributed by atoms with van der Waals surface area (Å²) in [6.07, 6.45) is -1.37. The summed E-state index contributed by atoms with van der Waals surface area (Å²) >= 11 is 5.89. The Hall–Kier alpha value is -2.55. The number of aliphatic carboxylic acids is 1. The number of carboxylic acid groups (broad SMARTS) is 1. The van der Waals surface area contributed by atoms with E-state index in [1.807, 2.05) is 0 Å². The minimum Gasteiger partial charge on any atom is -0.486 e. The zero-order chi connectivity index (χ0) is 19.6. The third-order valence-electron chi connectivity index (χ3n) is 4.24. The topological polar surface area (TPSA) is 75.5 Å². The second-order valence-corrected chi connectivity index (χ2v) is 6.45. The maximum Gasteiger partial charge on any atom is 0.416 e. The lowest BCUT2D eigenvalue weighted by atomic mass is 10.1. The molecule has 1 atom stereocenters. The van der Waals surface area contributed by atoms with Gasteiger partial charge < -0.3 is 14.7 Å². The molecule has 1 aliphatic heterocycles. The third kappa shape index (κ3) is 4.41. The van der Waals surface area contributed by atoms with Crippen LogP contribution in [-0.2, 0) is 17.6 Å². The molecule has 0 bridgehead atoms. The Morgan fingerprint density at radius 1 is 1.33 bits per heavy atom. The highest BCUT2D eigenvalue weighted by Gasteiger charge is 2.34. The molecule has 0 amide bonds. The highest BCUT2D eigenvalue weighted by Crippen LogP contribution is 2.35. The number of halogens is 4. The van der Waals surface area contributed by atoms with Gasteiger partial charge in [-0.2, -0.15) is 13.2 Å². The van der Waals surface area contributed by atoms with Gasteiger partial charge in [-0.1, -0.05) is 17.7 Å². The molecular weight excluding hydrogens is 387 g/mol. The van der Waals surface area contributed by atoms with Gasteiger partial charge in [-0.05, 0) is 18.6 Å². The Bertz CT molecular complexity index is 830. The van der Waals surface area contributed by atoms with Crippen molar-refractivity contribution in [3.05, 3.63) is 46.7 Å². The van der Waals surface area contributed by atoms with E-state index in [1.165, 1.54) is 24.5 Å². The monoisotopic (exact) mass is 401 g/mol. The Morgan fingerprint density at radius 2 is 2.04 bits per heavy atom. The molecule has 1 N–H and O–H groups in total. The van der Waals surface area contributed by atoms with Crippen molar-refractivity contribution >= 4 is 23.5 Å². The van der Waals surface area contributed by atoms with Gasteiger partial charge in [0.05, 0.1) is 23.9 Å². The van der Waals surface area contributed by atoms with E-state index in [0.29, 0.717) is 25.5 Å². The van der Waals surface area contributed by atoms with Crippen LogP contribution in [0.25, 0.3) is 0 Å². The SMILES string of the molecule is O=C(O)C1CCN(c2ncc(OCc3c(Cl)cccc3C(F)(F)F)cn2)C1. The largest absolute Gasteiger partial charge is 0.486 e. The van der Waals surface area contributed by atoms with Crippen molar-refractivity contribution in [3.63, 3.8) is 0 Å². The average molecular weight is 402 g/mol. The van der Waals surface area contributed by atoms with Crippen LogP contribution < -0.4 is 9.64 Å². The van der Waals surface area contributed by atoms with Gasteiger partial charge in [0.25, 0.3) is 0 Å². The summed E-state index contributed by atoms with van der Waals surface area (Å²) in [6, 6.07) is 3.53. The normalized spacial score (nSPS) is 17.2. The average Bonchev–Trinajstić information content (AvgIpc) is 3.10. The van der Waals surface area contributed by atoms with Crippen molar-refractivity contribution < 1.29 is 27.8 Å². The summed E-state index contributed by atoms with van der Waals surface area (Å²) in [5, 5.41) is 8.98. The molecule has 2 heterocycles. The Morgan fingerprint density at radius 3 is 2.63 bits per heavy atom. The first-order valence-electron chi connectivity index (χ1n) is 8.03. The second kappa shape index (κ2) is 7.59. The number of ether oxygens (including phenoxy) is 1. The third-order valence-corrected chi connectivity index (χ3v) is 4.60. The predicted molar refractivity (Wildman–Crippen MR) is 90.8 cm³/mol. The lowest BCUT2D eigenvalue weighted by molar-refractivity contribution is -0.141. The molecule has 0 radical (unpaired) electrons. The summed E-state index contributed by atoms with van der Waals surface area (Å²) in [4.78, 5) is 20.9. The molecule has 3 rings (SSSR count). The van der Waals surface area contributed by atoms with Gasteiger partial charge in [0.2, 0.25) is 5.95 Å². The molecule has 1 fully saturated rings. The van der Waals surface area contributed by atoms with Crippen molar-refractivity contribution in [2.75, 3.05) is 18.0 Å². The molecule has 0 aliphatic carbocycles. The fourth-order valence-corrected chi connectivity index (χ4v) is 3.05. The smallest absolute Gasteiger partial charge is 0.416 e. The van der Waals surface area contributed by atoms with Gasteiger partial charge in [0.15, 0.2) is 5.75 Å². The van der Waals surface area contributed by atoms with Crippen molar-refractivity contribution in [2.45, 2.75) is 19.2 Å². The molecule has 27 heavy (non-hydrogen) atoms. The van der Waals surface area contributed by atoms with Crippen molar-refractivity contribution in [2.24, 2.45) is 5.92 Å². The number of aromatic nitrogens is 2. The zero-order valence-corrected chi connectivity index (χ0v) is 14.7. The number of benzene rings is 1. The van der Waals surface area contributed by atoms with E-state index in [9.17, 15) is 18.0 Å². The van der Waals surface area contributed by atoms with Crippen molar-refractivity contribution in [1.82, 2.24) is 9.97 Å². The summed E-state index contributed by atoms with van der Waals surface area (Å²) < 4.78 is 44.6. The molecular formula is C17H15ClF3N3O3. The van der Waals surface area contributed by atoms with Crippen molar-refractivity contribution in [3.8, 4) is 5.75 Å². The van der Waals surface area contributed by atoms with Crippen LogP contribution in [0, 0.1) is 5.92 Å². The van der Waals surface area contributed by atoms with Crippen LogP contribution in [-0.4, -0.2) is 34.1 Å². The number of hydrogen-bond donors (Lipinski definition) is 1. The van der Waals surface area contributed by atoms with Crippen LogP contribution in [0.1, 0.15) is 17.5 Å². The van der Waals surface area contributed by atoms with E-state index >= 15 is 0 Å². The van der Waals surface area contributed by atoms with E-state index in [4.69, 9.17) is 21.4 Å². The maximum absolute atomic E-state index is 13.1. The Kier molecular flexibility index (Phi) is 5.41.